The molecule has 0 spiro atoms. The van der Waals surface area contributed by atoms with Crippen molar-refractivity contribution in [1.82, 2.24) is 5.32 Å². The van der Waals surface area contributed by atoms with Crippen LogP contribution in [0.5, 0.6) is 0 Å². The van der Waals surface area contributed by atoms with Crippen LogP contribution in [-0.4, -0.2) is 19.0 Å². The Hall–Kier alpha value is 0.110. The van der Waals surface area contributed by atoms with Crippen LogP contribution in [0.25, 0.3) is 0 Å². The maximum atomic E-state index is 12.9. The Bertz CT molecular complexity index is 151. The van der Waals surface area contributed by atoms with Crippen LogP contribution in [0.3, 0.4) is 0 Å². The second-order valence-corrected chi connectivity index (χ2v) is 3.32. The number of hydrogen-bond donors (Lipinski definition) is 1. The molecule has 2 fully saturated rings. The average Bonchev–Trinajstić information content (AvgIpc) is 2.36. The molecule has 11 heavy (non-hydrogen) atoms. The van der Waals surface area contributed by atoms with Crippen LogP contribution in [0.2, 0.25) is 0 Å². The number of fused-ring (bicyclic) bond motifs is 1. The van der Waals surface area contributed by atoms with E-state index in [1.54, 1.807) is 0 Å². The third-order valence-electron chi connectivity index (χ3n) is 2.73. The zero-order chi connectivity index (χ0) is 7.19. The van der Waals surface area contributed by atoms with Gasteiger partial charge in [-0.1, -0.05) is 0 Å². The van der Waals surface area contributed by atoms with E-state index >= 15 is 0 Å². The minimum absolute atomic E-state index is 0. The molecular weight excluding hydrogens is 172 g/mol. The van der Waals surface area contributed by atoms with Crippen molar-refractivity contribution in [3.8, 4) is 0 Å². The maximum Gasteiger partial charge on any atom is 0.252 e. The van der Waals surface area contributed by atoms with Gasteiger partial charge in [-0.2, -0.15) is 0 Å². The summed E-state index contributed by atoms with van der Waals surface area (Å²) >= 11 is 0. The summed E-state index contributed by atoms with van der Waals surface area (Å²) in [6.07, 6.45) is 0.828. The standard InChI is InChI=1S/C7H11F2N.ClH/c8-7(9)2-1-5-3-10-4-6(5)7;/h5-6,10H,1-4H2;1H/t5-,6+;/m0./s1. The van der Waals surface area contributed by atoms with Gasteiger partial charge in [-0.3, -0.25) is 0 Å². The lowest BCUT2D eigenvalue weighted by atomic mass is 9.99. The Kier molecular flexibility index (Phi) is 2.40. The fourth-order valence-corrected chi connectivity index (χ4v) is 2.09. The molecule has 1 saturated carbocycles. The fourth-order valence-electron chi connectivity index (χ4n) is 2.09. The van der Waals surface area contributed by atoms with Crippen molar-refractivity contribution in [3.63, 3.8) is 0 Å². The molecule has 1 aliphatic heterocycles. The summed E-state index contributed by atoms with van der Waals surface area (Å²) < 4.78 is 25.7. The summed E-state index contributed by atoms with van der Waals surface area (Å²) in [5, 5.41) is 3.00. The molecule has 4 heteroatoms. The van der Waals surface area contributed by atoms with Crippen molar-refractivity contribution in [2.24, 2.45) is 11.8 Å². The molecular formula is C7H12ClF2N. The lowest BCUT2D eigenvalue weighted by Gasteiger charge is -2.15. The number of halogens is 3. The number of nitrogens with one attached hydrogen (secondary N) is 1. The lowest BCUT2D eigenvalue weighted by Crippen LogP contribution is -2.26. The highest BCUT2D eigenvalue weighted by atomic mass is 35.5. The molecule has 0 radical (unpaired) electrons. The predicted molar refractivity (Wildman–Crippen MR) is 41.3 cm³/mol. The molecule has 2 rings (SSSR count). The van der Waals surface area contributed by atoms with Crippen molar-refractivity contribution in [2.45, 2.75) is 18.8 Å². The SMILES string of the molecule is Cl.FC1(F)CC[C@H]2CNC[C@H]21. The van der Waals surface area contributed by atoms with Gasteiger partial charge in [-0.25, -0.2) is 8.78 Å². The van der Waals surface area contributed by atoms with Gasteiger partial charge < -0.3 is 5.32 Å². The summed E-state index contributed by atoms with van der Waals surface area (Å²) in [4.78, 5) is 0. The molecule has 1 nitrogen and oxygen atoms in total. The van der Waals surface area contributed by atoms with Gasteiger partial charge in [0.1, 0.15) is 0 Å². The first-order chi connectivity index (χ1) is 4.70. The smallest absolute Gasteiger partial charge is 0.252 e. The first kappa shape index (κ1) is 9.20. The van der Waals surface area contributed by atoms with Gasteiger partial charge in [-0.05, 0) is 18.9 Å². The van der Waals surface area contributed by atoms with E-state index in [4.69, 9.17) is 0 Å². The van der Waals surface area contributed by atoms with Gasteiger partial charge >= 0.3 is 0 Å². The van der Waals surface area contributed by atoms with E-state index in [9.17, 15) is 8.78 Å². The molecule has 0 aromatic heterocycles. The Balaban J connectivity index is 0.000000605. The minimum Gasteiger partial charge on any atom is -0.316 e. The second kappa shape index (κ2) is 2.87. The van der Waals surface area contributed by atoms with Gasteiger partial charge in [0.2, 0.25) is 0 Å². The van der Waals surface area contributed by atoms with Gasteiger partial charge in [0.15, 0.2) is 0 Å². The molecule has 0 amide bonds. The molecule has 66 valence electrons. The van der Waals surface area contributed by atoms with Crippen molar-refractivity contribution in [1.29, 1.82) is 0 Å². The molecule has 0 unspecified atom stereocenters. The zero-order valence-electron chi connectivity index (χ0n) is 6.15. The number of hydrogen-bond acceptors (Lipinski definition) is 1. The highest BCUT2D eigenvalue weighted by molar-refractivity contribution is 5.85. The molecule has 0 aromatic carbocycles. The molecule has 0 aromatic rings. The maximum absolute atomic E-state index is 12.9. The van der Waals surface area contributed by atoms with Crippen LogP contribution in [-0.2, 0) is 0 Å². The lowest BCUT2D eigenvalue weighted by molar-refractivity contribution is -0.0358. The van der Waals surface area contributed by atoms with Gasteiger partial charge in [0, 0.05) is 18.9 Å². The highest BCUT2D eigenvalue weighted by Gasteiger charge is 2.51. The zero-order valence-corrected chi connectivity index (χ0v) is 6.96. The number of alkyl halides is 2. The normalized spacial score (nSPS) is 39.8. The van der Waals surface area contributed by atoms with Gasteiger partial charge in [0.05, 0.1) is 0 Å². The van der Waals surface area contributed by atoms with Crippen molar-refractivity contribution in [2.75, 3.05) is 13.1 Å². The van der Waals surface area contributed by atoms with Crippen LogP contribution < -0.4 is 5.32 Å². The Labute approximate surface area is 71.0 Å². The fraction of sp³-hybridized carbons (Fsp3) is 1.00. The van der Waals surface area contributed by atoms with Gasteiger partial charge in [0.25, 0.3) is 5.92 Å². The Morgan fingerprint density at radius 3 is 2.64 bits per heavy atom. The van der Waals surface area contributed by atoms with Crippen LogP contribution in [0.4, 0.5) is 8.78 Å². The monoisotopic (exact) mass is 183 g/mol. The predicted octanol–water partition coefficient (Wildman–Crippen LogP) is 1.67. The van der Waals surface area contributed by atoms with Crippen LogP contribution in [0.1, 0.15) is 12.8 Å². The largest absolute Gasteiger partial charge is 0.316 e. The van der Waals surface area contributed by atoms with E-state index in [0.29, 0.717) is 13.0 Å². The molecule has 1 heterocycles. The first-order valence-corrected chi connectivity index (χ1v) is 3.79. The first-order valence-electron chi connectivity index (χ1n) is 3.79. The summed E-state index contributed by atoms with van der Waals surface area (Å²) in [5.74, 6) is -2.46. The average molecular weight is 184 g/mol. The topological polar surface area (TPSA) is 12.0 Å². The molecule has 1 saturated heterocycles. The summed E-state index contributed by atoms with van der Waals surface area (Å²) in [5.41, 5.74) is 0. The van der Waals surface area contributed by atoms with Crippen molar-refractivity contribution < 1.29 is 8.78 Å². The molecule has 1 aliphatic carbocycles. The molecule has 2 atom stereocenters. The van der Waals surface area contributed by atoms with Crippen LogP contribution in [0.15, 0.2) is 0 Å². The Morgan fingerprint density at radius 1 is 1.27 bits per heavy atom. The second-order valence-electron chi connectivity index (χ2n) is 3.32. The summed E-state index contributed by atoms with van der Waals surface area (Å²) in [6.45, 7) is 1.33. The third kappa shape index (κ3) is 1.36. The van der Waals surface area contributed by atoms with E-state index in [1.165, 1.54) is 0 Å². The summed E-state index contributed by atoms with van der Waals surface area (Å²) in [7, 11) is 0. The van der Waals surface area contributed by atoms with E-state index < -0.39 is 5.92 Å². The van der Waals surface area contributed by atoms with E-state index in [0.717, 1.165) is 6.54 Å². The number of rotatable bonds is 0. The highest BCUT2D eigenvalue weighted by Crippen LogP contribution is 2.45. The molecule has 1 N–H and O–H groups in total. The van der Waals surface area contributed by atoms with Crippen LogP contribution in [0, 0.1) is 11.8 Å². The van der Waals surface area contributed by atoms with E-state index in [-0.39, 0.29) is 30.7 Å². The Morgan fingerprint density at radius 2 is 2.00 bits per heavy atom. The van der Waals surface area contributed by atoms with E-state index in [1.807, 2.05) is 0 Å². The molecule has 0 bridgehead atoms. The third-order valence-corrected chi connectivity index (χ3v) is 2.73. The quantitative estimate of drug-likeness (QED) is 0.603. The van der Waals surface area contributed by atoms with Crippen molar-refractivity contribution in [3.05, 3.63) is 0 Å². The van der Waals surface area contributed by atoms with Crippen LogP contribution >= 0.6 is 12.4 Å². The van der Waals surface area contributed by atoms with Gasteiger partial charge in [-0.15, -0.1) is 12.4 Å². The molecule has 2 aliphatic rings. The van der Waals surface area contributed by atoms with E-state index in [2.05, 4.69) is 5.32 Å². The minimum atomic E-state index is -2.37. The summed E-state index contributed by atoms with van der Waals surface area (Å²) in [6, 6.07) is 0. The van der Waals surface area contributed by atoms with Crippen molar-refractivity contribution >= 4 is 12.4 Å².